The molecule has 9 aromatic carbocycles. The van der Waals surface area contributed by atoms with E-state index in [1.54, 1.807) is 0 Å². The zero-order chi connectivity index (χ0) is 37.5. The molecule has 2 aliphatic carbocycles. The normalized spacial score (nSPS) is 13.1. The molecule has 0 amide bonds. The Labute approximate surface area is 332 Å². The lowest BCUT2D eigenvalue weighted by molar-refractivity contribution is 0.793. The number of benzene rings is 9. The molecule has 1 aromatic heterocycles. The van der Waals surface area contributed by atoms with Crippen molar-refractivity contribution < 1.29 is 0 Å². The molecule has 1 spiro atoms. The van der Waals surface area contributed by atoms with Crippen molar-refractivity contribution in [2.24, 2.45) is 0 Å². The molecule has 1 heterocycles. The standard InChI is InChI=1S/C55H36N2/c1-3-15-37(16-4-1)38-27-29-40(30-28-38)57-53-26-14-10-22-47(53)48-35-41(32-34-54(48)57)56(39-17-5-2-6-18-39)42-31-33-46-45-21-9-13-25-51(45)55(52(46)36-42)49-23-11-7-19-43(49)44-20-8-12-24-50(44)55/h1-36H. The number of nitrogens with zero attached hydrogens (tertiary/aromatic N) is 2. The Balaban J connectivity index is 1.06. The third kappa shape index (κ3) is 4.53. The van der Waals surface area contributed by atoms with Crippen LogP contribution in [0, 0.1) is 0 Å². The first-order chi connectivity index (χ1) is 28.3. The number of fused-ring (bicyclic) bond motifs is 13. The number of anilines is 3. The van der Waals surface area contributed by atoms with Crippen molar-refractivity contribution >= 4 is 38.9 Å². The SMILES string of the molecule is c1ccc(-c2ccc(-n3c4ccccc4c4cc(N(c5ccccc5)c5ccc6c(c5)C5(c7ccccc7-c7ccccc75)c5ccccc5-6)ccc43)cc2)cc1. The molecule has 0 radical (unpaired) electrons. The van der Waals surface area contributed by atoms with E-state index >= 15 is 0 Å². The van der Waals surface area contributed by atoms with Gasteiger partial charge in [0.1, 0.15) is 0 Å². The Hall–Kier alpha value is -7.42. The van der Waals surface area contributed by atoms with Crippen LogP contribution in [-0.4, -0.2) is 4.57 Å². The predicted octanol–water partition coefficient (Wildman–Crippen LogP) is 14.3. The quantitative estimate of drug-likeness (QED) is 0.172. The minimum atomic E-state index is -0.412. The van der Waals surface area contributed by atoms with E-state index in [0.717, 1.165) is 22.7 Å². The van der Waals surface area contributed by atoms with Crippen LogP contribution in [0.4, 0.5) is 17.1 Å². The third-order valence-corrected chi connectivity index (χ3v) is 12.4. The van der Waals surface area contributed by atoms with E-state index in [1.165, 1.54) is 77.4 Å². The van der Waals surface area contributed by atoms with Gasteiger partial charge in [0.25, 0.3) is 0 Å². The van der Waals surface area contributed by atoms with Crippen LogP contribution in [0.15, 0.2) is 218 Å². The van der Waals surface area contributed by atoms with Crippen molar-refractivity contribution in [2.45, 2.75) is 5.41 Å². The Morgan fingerprint density at radius 1 is 0.316 bits per heavy atom. The summed E-state index contributed by atoms with van der Waals surface area (Å²) in [4.78, 5) is 2.43. The van der Waals surface area contributed by atoms with Crippen LogP contribution in [0.1, 0.15) is 22.3 Å². The van der Waals surface area contributed by atoms with Gasteiger partial charge in [-0.15, -0.1) is 0 Å². The van der Waals surface area contributed by atoms with Gasteiger partial charge in [-0.2, -0.15) is 0 Å². The van der Waals surface area contributed by atoms with Gasteiger partial charge in [0.2, 0.25) is 0 Å². The van der Waals surface area contributed by atoms with E-state index in [4.69, 9.17) is 0 Å². The van der Waals surface area contributed by atoms with Gasteiger partial charge in [0, 0.05) is 33.5 Å². The predicted molar refractivity (Wildman–Crippen MR) is 237 cm³/mol. The minimum Gasteiger partial charge on any atom is -0.310 e. The van der Waals surface area contributed by atoms with Crippen LogP contribution in [-0.2, 0) is 5.41 Å². The lowest BCUT2D eigenvalue weighted by Crippen LogP contribution is -2.26. The second-order valence-corrected chi connectivity index (χ2v) is 15.3. The van der Waals surface area contributed by atoms with E-state index in [9.17, 15) is 0 Å². The average molecular weight is 725 g/mol. The zero-order valence-electron chi connectivity index (χ0n) is 31.2. The molecular weight excluding hydrogens is 689 g/mol. The van der Waals surface area contributed by atoms with Crippen LogP contribution < -0.4 is 4.90 Å². The summed E-state index contributed by atoms with van der Waals surface area (Å²) in [5.41, 5.74) is 19.5. The maximum absolute atomic E-state index is 2.48. The highest BCUT2D eigenvalue weighted by Crippen LogP contribution is 2.63. The summed E-state index contributed by atoms with van der Waals surface area (Å²) < 4.78 is 2.40. The summed E-state index contributed by atoms with van der Waals surface area (Å²) in [7, 11) is 0. The van der Waals surface area contributed by atoms with Crippen LogP contribution in [0.2, 0.25) is 0 Å². The number of rotatable bonds is 5. The summed E-state index contributed by atoms with van der Waals surface area (Å²) in [6.45, 7) is 0. The summed E-state index contributed by atoms with van der Waals surface area (Å²) in [5, 5.41) is 2.46. The van der Waals surface area contributed by atoms with Gasteiger partial charge >= 0.3 is 0 Å². The van der Waals surface area contributed by atoms with Gasteiger partial charge in [-0.25, -0.2) is 0 Å². The highest BCUT2D eigenvalue weighted by atomic mass is 15.1. The smallest absolute Gasteiger partial charge is 0.0726 e. The monoisotopic (exact) mass is 724 g/mol. The lowest BCUT2D eigenvalue weighted by atomic mass is 9.70. The molecule has 0 bridgehead atoms. The fourth-order valence-electron chi connectivity index (χ4n) is 10.1. The molecule has 0 unspecified atom stereocenters. The molecule has 0 fully saturated rings. The minimum absolute atomic E-state index is 0.412. The summed E-state index contributed by atoms with van der Waals surface area (Å²) in [5.74, 6) is 0. The van der Waals surface area contributed by atoms with Gasteiger partial charge in [0.15, 0.2) is 0 Å². The Bertz CT molecular complexity index is 3110. The molecule has 266 valence electrons. The van der Waals surface area contributed by atoms with Crippen LogP contribution in [0.5, 0.6) is 0 Å². The highest BCUT2D eigenvalue weighted by molar-refractivity contribution is 6.11. The van der Waals surface area contributed by atoms with Crippen molar-refractivity contribution in [3.8, 4) is 39.1 Å². The molecule has 2 nitrogen and oxygen atoms in total. The largest absolute Gasteiger partial charge is 0.310 e. The first-order valence-electron chi connectivity index (χ1n) is 19.8. The van der Waals surface area contributed by atoms with E-state index in [1.807, 2.05) is 0 Å². The molecule has 0 aliphatic heterocycles. The Morgan fingerprint density at radius 3 is 1.47 bits per heavy atom. The van der Waals surface area contributed by atoms with E-state index in [2.05, 4.69) is 228 Å². The van der Waals surface area contributed by atoms with E-state index < -0.39 is 5.41 Å². The van der Waals surface area contributed by atoms with Crippen LogP contribution in [0.25, 0.3) is 60.9 Å². The van der Waals surface area contributed by atoms with Gasteiger partial charge in [-0.1, -0.05) is 158 Å². The second-order valence-electron chi connectivity index (χ2n) is 15.3. The highest BCUT2D eigenvalue weighted by Gasteiger charge is 2.51. The molecule has 0 atom stereocenters. The number of aromatic nitrogens is 1. The molecule has 57 heavy (non-hydrogen) atoms. The molecule has 2 heteroatoms. The van der Waals surface area contributed by atoms with Gasteiger partial charge in [-0.05, 0) is 116 Å². The zero-order valence-corrected chi connectivity index (χ0v) is 31.2. The molecule has 2 aliphatic rings. The second kappa shape index (κ2) is 12.3. The number of hydrogen-bond acceptors (Lipinski definition) is 1. The summed E-state index contributed by atoms with van der Waals surface area (Å²) in [6, 6.07) is 80.4. The fourth-order valence-corrected chi connectivity index (χ4v) is 10.1. The van der Waals surface area contributed by atoms with Gasteiger partial charge in [-0.3, -0.25) is 0 Å². The van der Waals surface area contributed by atoms with Gasteiger partial charge < -0.3 is 9.47 Å². The maximum Gasteiger partial charge on any atom is 0.0726 e. The molecule has 0 saturated carbocycles. The summed E-state index contributed by atoms with van der Waals surface area (Å²) in [6.07, 6.45) is 0. The first-order valence-corrected chi connectivity index (χ1v) is 19.8. The van der Waals surface area contributed by atoms with E-state index in [-0.39, 0.29) is 0 Å². The van der Waals surface area contributed by atoms with Crippen molar-refractivity contribution in [1.29, 1.82) is 0 Å². The topological polar surface area (TPSA) is 8.17 Å². The Morgan fingerprint density at radius 2 is 0.807 bits per heavy atom. The third-order valence-electron chi connectivity index (χ3n) is 12.4. The molecule has 0 N–H and O–H groups in total. The van der Waals surface area contributed by atoms with Crippen molar-refractivity contribution in [3.63, 3.8) is 0 Å². The van der Waals surface area contributed by atoms with E-state index in [0.29, 0.717) is 0 Å². The number of para-hydroxylation sites is 2. The molecule has 10 aromatic rings. The lowest BCUT2D eigenvalue weighted by Gasteiger charge is -2.32. The van der Waals surface area contributed by atoms with Crippen LogP contribution >= 0.6 is 0 Å². The molecule has 0 saturated heterocycles. The van der Waals surface area contributed by atoms with Crippen molar-refractivity contribution in [1.82, 2.24) is 4.57 Å². The van der Waals surface area contributed by atoms with Crippen molar-refractivity contribution in [2.75, 3.05) is 4.90 Å². The molecule has 12 rings (SSSR count). The average Bonchev–Trinajstić information content (AvgIpc) is 3.89. The van der Waals surface area contributed by atoms with Crippen LogP contribution in [0.3, 0.4) is 0 Å². The maximum atomic E-state index is 2.48. The summed E-state index contributed by atoms with van der Waals surface area (Å²) >= 11 is 0. The Kier molecular flexibility index (Phi) is 6.88. The van der Waals surface area contributed by atoms with Gasteiger partial charge in [0.05, 0.1) is 16.4 Å². The molecular formula is C55H36N2. The first kappa shape index (κ1) is 31.9. The fraction of sp³-hybridized carbons (Fsp3) is 0.0182. The van der Waals surface area contributed by atoms with Crippen molar-refractivity contribution in [3.05, 3.63) is 241 Å². The number of hydrogen-bond donors (Lipinski definition) is 0.